The van der Waals surface area contributed by atoms with E-state index in [0.29, 0.717) is 11.1 Å². The highest BCUT2D eigenvalue weighted by molar-refractivity contribution is 6.42. The molecule has 3 heteroatoms. The standard InChI is InChI=1S/C14H17Cl2N/c15-11-6-5-9-7-8-17-14(12(9)13(11)16)10-3-1-2-4-10/h5-6,10,14,17H,1-4,7-8H2/t14-/m0/s1. The van der Waals surface area contributed by atoms with Crippen LogP contribution in [0, 0.1) is 5.92 Å². The van der Waals surface area contributed by atoms with Gasteiger partial charge in [0.05, 0.1) is 10.0 Å². The first-order valence-corrected chi connectivity index (χ1v) is 7.23. The topological polar surface area (TPSA) is 12.0 Å². The average molecular weight is 270 g/mol. The molecular weight excluding hydrogens is 253 g/mol. The molecule has 1 fully saturated rings. The molecule has 1 atom stereocenters. The van der Waals surface area contributed by atoms with E-state index in [4.69, 9.17) is 23.2 Å². The molecule has 1 aliphatic carbocycles. The molecule has 1 aromatic carbocycles. The quantitative estimate of drug-likeness (QED) is 0.799. The number of rotatable bonds is 1. The Balaban J connectivity index is 2.02. The van der Waals surface area contributed by atoms with E-state index in [0.717, 1.165) is 23.9 Å². The summed E-state index contributed by atoms with van der Waals surface area (Å²) in [4.78, 5) is 0. The molecule has 2 aliphatic rings. The Kier molecular flexibility index (Phi) is 3.34. The lowest BCUT2D eigenvalue weighted by atomic mass is 9.85. The van der Waals surface area contributed by atoms with Crippen molar-refractivity contribution in [3.63, 3.8) is 0 Å². The van der Waals surface area contributed by atoms with Gasteiger partial charge >= 0.3 is 0 Å². The Labute approximate surface area is 112 Å². The zero-order valence-corrected chi connectivity index (χ0v) is 11.3. The molecule has 0 saturated heterocycles. The Morgan fingerprint density at radius 3 is 2.65 bits per heavy atom. The SMILES string of the molecule is Clc1ccc2c(c1Cl)[C@H](C1CCCC1)NCC2. The number of hydrogen-bond donors (Lipinski definition) is 1. The van der Waals surface area contributed by atoms with Crippen LogP contribution in [0.5, 0.6) is 0 Å². The fourth-order valence-corrected chi connectivity index (χ4v) is 3.78. The maximum Gasteiger partial charge on any atom is 0.0642 e. The fourth-order valence-electron chi connectivity index (χ4n) is 3.32. The molecule has 0 unspecified atom stereocenters. The van der Waals surface area contributed by atoms with Gasteiger partial charge in [0.2, 0.25) is 0 Å². The summed E-state index contributed by atoms with van der Waals surface area (Å²) in [5.74, 6) is 0.741. The Hall–Kier alpha value is -0.240. The van der Waals surface area contributed by atoms with Gasteiger partial charge < -0.3 is 5.32 Å². The van der Waals surface area contributed by atoms with Crippen LogP contribution in [-0.2, 0) is 6.42 Å². The Morgan fingerprint density at radius 1 is 1.12 bits per heavy atom. The number of fused-ring (bicyclic) bond motifs is 1. The minimum atomic E-state index is 0.424. The van der Waals surface area contributed by atoms with E-state index in [1.54, 1.807) is 0 Å². The predicted molar refractivity (Wildman–Crippen MR) is 72.9 cm³/mol. The van der Waals surface area contributed by atoms with Crippen LogP contribution in [-0.4, -0.2) is 6.54 Å². The van der Waals surface area contributed by atoms with Crippen LogP contribution in [0.2, 0.25) is 10.0 Å². The van der Waals surface area contributed by atoms with Gasteiger partial charge in [0, 0.05) is 6.04 Å². The zero-order valence-electron chi connectivity index (χ0n) is 9.81. The van der Waals surface area contributed by atoms with E-state index < -0.39 is 0 Å². The van der Waals surface area contributed by atoms with Crippen molar-refractivity contribution in [2.24, 2.45) is 5.92 Å². The van der Waals surface area contributed by atoms with E-state index in [9.17, 15) is 0 Å². The van der Waals surface area contributed by atoms with Gasteiger partial charge in [-0.1, -0.05) is 42.1 Å². The third-order valence-corrected chi connectivity index (χ3v) is 4.98. The molecule has 0 radical (unpaired) electrons. The van der Waals surface area contributed by atoms with E-state index in [2.05, 4.69) is 11.4 Å². The Bertz CT molecular complexity index is 424. The maximum absolute atomic E-state index is 6.41. The third-order valence-electron chi connectivity index (χ3n) is 4.16. The van der Waals surface area contributed by atoms with Crippen molar-refractivity contribution in [2.75, 3.05) is 6.54 Å². The first kappa shape index (κ1) is 11.8. The van der Waals surface area contributed by atoms with Crippen LogP contribution >= 0.6 is 23.2 Å². The van der Waals surface area contributed by atoms with E-state index >= 15 is 0 Å². The number of benzene rings is 1. The second-order valence-corrected chi connectivity index (χ2v) is 5.95. The molecule has 1 nitrogen and oxygen atoms in total. The Morgan fingerprint density at radius 2 is 1.88 bits per heavy atom. The summed E-state index contributed by atoms with van der Waals surface area (Å²) in [7, 11) is 0. The highest BCUT2D eigenvalue weighted by atomic mass is 35.5. The normalized spacial score (nSPS) is 24.9. The lowest BCUT2D eigenvalue weighted by Crippen LogP contribution is -2.34. The summed E-state index contributed by atoms with van der Waals surface area (Å²) in [5.41, 5.74) is 2.66. The number of halogens is 2. The van der Waals surface area contributed by atoms with Crippen LogP contribution in [0.25, 0.3) is 0 Å². The van der Waals surface area contributed by atoms with Crippen molar-refractivity contribution >= 4 is 23.2 Å². The molecule has 3 rings (SSSR count). The third kappa shape index (κ3) is 2.09. The number of nitrogens with one attached hydrogen (secondary N) is 1. The summed E-state index contributed by atoms with van der Waals surface area (Å²) in [6.45, 7) is 1.06. The van der Waals surface area contributed by atoms with Crippen LogP contribution in [0.3, 0.4) is 0 Å². The highest BCUT2D eigenvalue weighted by Crippen LogP contribution is 2.43. The molecular formula is C14H17Cl2N. The first-order chi connectivity index (χ1) is 8.27. The maximum atomic E-state index is 6.41. The van der Waals surface area contributed by atoms with E-state index in [1.807, 2.05) is 6.07 Å². The summed E-state index contributed by atoms with van der Waals surface area (Å²) in [6, 6.07) is 4.50. The minimum Gasteiger partial charge on any atom is -0.309 e. The van der Waals surface area contributed by atoms with Crippen molar-refractivity contribution in [3.8, 4) is 0 Å². The zero-order chi connectivity index (χ0) is 11.8. The van der Waals surface area contributed by atoms with Gasteiger partial charge in [0.25, 0.3) is 0 Å². The average Bonchev–Trinajstić information content (AvgIpc) is 2.87. The van der Waals surface area contributed by atoms with Crippen molar-refractivity contribution in [2.45, 2.75) is 38.1 Å². The molecule has 17 heavy (non-hydrogen) atoms. The molecule has 1 N–H and O–H groups in total. The van der Waals surface area contributed by atoms with E-state index in [-0.39, 0.29) is 0 Å². The van der Waals surface area contributed by atoms with Crippen LogP contribution in [0.15, 0.2) is 12.1 Å². The van der Waals surface area contributed by atoms with Gasteiger partial charge in [-0.25, -0.2) is 0 Å². The fraction of sp³-hybridized carbons (Fsp3) is 0.571. The lowest BCUT2D eigenvalue weighted by molar-refractivity contribution is 0.354. The van der Waals surface area contributed by atoms with E-state index in [1.165, 1.54) is 36.8 Å². The van der Waals surface area contributed by atoms with Gasteiger partial charge in [0.15, 0.2) is 0 Å². The molecule has 1 aromatic rings. The molecule has 1 saturated carbocycles. The van der Waals surface area contributed by atoms with Crippen molar-refractivity contribution in [3.05, 3.63) is 33.3 Å². The minimum absolute atomic E-state index is 0.424. The number of hydrogen-bond acceptors (Lipinski definition) is 1. The van der Waals surface area contributed by atoms with Gasteiger partial charge in [-0.05, 0) is 48.9 Å². The molecule has 1 aliphatic heterocycles. The predicted octanol–water partition coefficient (Wildman–Crippen LogP) is 4.37. The van der Waals surface area contributed by atoms with Crippen LogP contribution < -0.4 is 5.32 Å². The smallest absolute Gasteiger partial charge is 0.0642 e. The second kappa shape index (κ2) is 4.79. The molecule has 1 heterocycles. The molecule has 0 aromatic heterocycles. The molecule has 92 valence electrons. The highest BCUT2D eigenvalue weighted by Gasteiger charge is 2.31. The largest absolute Gasteiger partial charge is 0.309 e. The van der Waals surface area contributed by atoms with Gasteiger partial charge in [-0.15, -0.1) is 0 Å². The summed E-state index contributed by atoms with van der Waals surface area (Å²) >= 11 is 12.6. The van der Waals surface area contributed by atoms with Crippen molar-refractivity contribution in [1.29, 1.82) is 0 Å². The molecule has 0 amide bonds. The molecule has 0 bridgehead atoms. The second-order valence-electron chi connectivity index (χ2n) is 5.16. The summed E-state index contributed by atoms with van der Waals surface area (Å²) < 4.78 is 0. The monoisotopic (exact) mass is 269 g/mol. The summed E-state index contributed by atoms with van der Waals surface area (Å²) in [6.07, 6.45) is 6.42. The lowest BCUT2D eigenvalue weighted by Gasteiger charge is -2.32. The van der Waals surface area contributed by atoms with Crippen molar-refractivity contribution in [1.82, 2.24) is 5.32 Å². The first-order valence-electron chi connectivity index (χ1n) is 6.47. The van der Waals surface area contributed by atoms with Crippen LogP contribution in [0.1, 0.15) is 42.9 Å². The van der Waals surface area contributed by atoms with Gasteiger partial charge in [-0.2, -0.15) is 0 Å². The van der Waals surface area contributed by atoms with Gasteiger partial charge in [0.1, 0.15) is 0 Å². The van der Waals surface area contributed by atoms with Crippen molar-refractivity contribution < 1.29 is 0 Å². The summed E-state index contributed by atoms with van der Waals surface area (Å²) in [5, 5.41) is 5.11. The van der Waals surface area contributed by atoms with Crippen LogP contribution in [0.4, 0.5) is 0 Å². The van der Waals surface area contributed by atoms with Gasteiger partial charge in [-0.3, -0.25) is 0 Å². The molecule has 0 spiro atoms.